The maximum Gasteiger partial charge on any atom is 0.252 e. The third-order valence-corrected chi connectivity index (χ3v) is 2.12. The van der Waals surface area contributed by atoms with Crippen molar-refractivity contribution in [2.24, 2.45) is 5.92 Å². The zero-order valence-corrected chi connectivity index (χ0v) is 9.63. The Morgan fingerprint density at radius 3 is 2.87 bits per heavy atom. The van der Waals surface area contributed by atoms with Gasteiger partial charge in [-0.15, -0.1) is 0 Å². The molecule has 0 aliphatic heterocycles. The Labute approximate surface area is 90.1 Å². The fourth-order valence-electron chi connectivity index (χ4n) is 1.40. The van der Waals surface area contributed by atoms with E-state index in [0.29, 0.717) is 11.6 Å². The molecule has 1 rings (SSSR count). The Kier molecular flexibility index (Phi) is 4.34. The van der Waals surface area contributed by atoms with Gasteiger partial charge in [0, 0.05) is 12.6 Å². The smallest absolute Gasteiger partial charge is 0.252 e. The molecule has 1 aromatic heterocycles. The Balaban J connectivity index is 2.40. The highest BCUT2D eigenvalue weighted by molar-refractivity contribution is 5.32. The molecule has 0 atom stereocenters. The maximum atomic E-state index is 11.1. The van der Waals surface area contributed by atoms with Crippen molar-refractivity contribution in [1.82, 2.24) is 9.97 Å². The highest BCUT2D eigenvalue weighted by atomic mass is 16.1. The predicted octanol–water partition coefficient (Wildman–Crippen LogP) is 1.93. The van der Waals surface area contributed by atoms with Crippen LogP contribution in [0.4, 0.5) is 5.82 Å². The minimum atomic E-state index is -0.103. The molecule has 0 amide bonds. The SMILES string of the molecule is Cc1nc(NCCCC(C)C)cc(=O)[nH]1. The average Bonchev–Trinajstić information content (AvgIpc) is 2.10. The van der Waals surface area contributed by atoms with E-state index >= 15 is 0 Å². The Morgan fingerprint density at radius 1 is 1.53 bits per heavy atom. The minimum Gasteiger partial charge on any atom is -0.370 e. The van der Waals surface area contributed by atoms with Crippen LogP contribution in [0.3, 0.4) is 0 Å². The topological polar surface area (TPSA) is 57.8 Å². The molecule has 0 unspecified atom stereocenters. The molecule has 0 aromatic carbocycles. The van der Waals surface area contributed by atoms with Crippen molar-refractivity contribution in [3.63, 3.8) is 0 Å². The van der Waals surface area contributed by atoms with E-state index in [9.17, 15) is 4.79 Å². The quantitative estimate of drug-likeness (QED) is 0.728. The Hall–Kier alpha value is -1.32. The Morgan fingerprint density at radius 2 is 2.27 bits per heavy atom. The van der Waals surface area contributed by atoms with Gasteiger partial charge < -0.3 is 10.3 Å². The number of aromatic amines is 1. The van der Waals surface area contributed by atoms with Crippen molar-refractivity contribution >= 4 is 5.82 Å². The van der Waals surface area contributed by atoms with E-state index in [0.717, 1.165) is 18.9 Å². The van der Waals surface area contributed by atoms with Crippen LogP contribution >= 0.6 is 0 Å². The molecule has 0 spiro atoms. The van der Waals surface area contributed by atoms with Crippen molar-refractivity contribution in [1.29, 1.82) is 0 Å². The zero-order valence-electron chi connectivity index (χ0n) is 9.63. The molecule has 0 bridgehead atoms. The molecule has 1 heterocycles. The summed E-state index contributed by atoms with van der Waals surface area (Å²) in [4.78, 5) is 17.9. The number of H-pyrrole nitrogens is 1. The second-order valence-electron chi connectivity index (χ2n) is 4.18. The van der Waals surface area contributed by atoms with Crippen LogP contribution in [0.1, 0.15) is 32.5 Å². The van der Waals surface area contributed by atoms with Crippen LogP contribution in [0.25, 0.3) is 0 Å². The lowest BCUT2D eigenvalue weighted by Crippen LogP contribution is -2.12. The van der Waals surface area contributed by atoms with E-state index in [1.54, 1.807) is 6.92 Å². The standard InChI is InChI=1S/C11H19N3O/c1-8(2)5-4-6-12-10-7-11(15)14-9(3)13-10/h7-8H,4-6H2,1-3H3,(H2,12,13,14,15). The van der Waals surface area contributed by atoms with Crippen molar-refractivity contribution in [3.8, 4) is 0 Å². The van der Waals surface area contributed by atoms with Gasteiger partial charge in [-0.3, -0.25) is 4.79 Å². The summed E-state index contributed by atoms with van der Waals surface area (Å²) in [7, 11) is 0. The van der Waals surface area contributed by atoms with Gasteiger partial charge in [0.05, 0.1) is 0 Å². The third kappa shape index (κ3) is 4.63. The first kappa shape index (κ1) is 11.8. The van der Waals surface area contributed by atoms with Crippen LogP contribution in [0, 0.1) is 12.8 Å². The molecule has 0 fully saturated rings. The van der Waals surface area contributed by atoms with Gasteiger partial charge in [0.2, 0.25) is 0 Å². The molecule has 0 aliphatic carbocycles. The van der Waals surface area contributed by atoms with Crippen molar-refractivity contribution in [2.45, 2.75) is 33.6 Å². The average molecular weight is 209 g/mol. The normalized spacial score (nSPS) is 10.7. The summed E-state index contributed by atoms with van der Waals surface area (Å²) < 4.78 is 0. The van der Waals surface area contributed by atoms with Gasteiger partial charge in [-0.25, -0.2) is 4.98 Å². The summed E-state index contributed by atoms with van der Waals surface area (Å²) in [5, 5.41) is 3.15. The number of rotatable bonds is 5. The molecule has 1 aromatic rings. The van der Waals surface area contributed by atoms with E-state index in [-0.39, 0.29) is 5.56 Å². The third-order valence-electron chi connectivity index (χ3n) is 2.12. The van der Waals surface area contributed by atoms with Crippen LogP contribution in [-0.2, 0) is 0 Å². The Bertz CT molecular complexity index is 357. The molecule has 4 heteroatoms. The van der Waals surface area contributed by atoms with Gasteiger partial charge in [0.15, 0.2) is 0 Å². The number of nitrogens with zero attached hydrogens (tertiary/aromatic N) is 1. The van der Waals surface area contributed by atoms with Crippen molar-refractivity contribution < 1.29 is 0 Å². The first-order chi connectivity index (χ1) is 7.08. The van der Waals surface area contributed by atoms with E-state index in [4.69, 9.17) is 0 Å². The van der Waals surface area contributed by atoms with Crippen LogP contribution in [0.2, 0.25) is 0 Å². The van der Waals surface area contributed by atoms with Gasteiger partial charge >= 0.3 is 0 Å². The molecule has 4 nitrogen and oxygen atoms in total. The number of hydrogen-bond donors (Lipinski definition) is 2. The summed E-state index contributed by atoms with van der Waals surface area (Å²) >= 11 is 0. The van der Waals surface area contributed by atoms with Crippen LogP contribution in [0.15, 0.2) is 10.9 Å². The molecule has 84 valence electrons. The van der Waals surface area contributed by atoms with E-state index in [2.05, 4.69) is 29.1 Å². The number of aryl methyl sites for hydroxylation is 1. The molecule has 0 aliphatic rings. The van der Waals surface area contributed by atoms with Gasteiger partial charge in [-0.05, 0) is 25.7 Å². The summed E-state index contributed by atoms with van der Waals surface area (Å²) in [5.41, 5.74) is -0.103. The number of nitrogens with one attached hydrogen (secondary N) is 2. The lowest BCUT2D eigenvalue weighted by atomic mass is 10.1. The maximum absolute atomic E-state index is 11.1. The number of anilines is 1. The summed E-state index contributed by atoms with van der Waals surface area (Å²) in [6.07, 6.45) is 2.29. The summed E-state index contributed by atoms with van der Waals surface area (Å²) in [6.45, 7) is 7.06. The lowest BCUT2D eigenvalue weighted by molar-refractivity contribution is 0.566. The summed E-state index contributed by atoms with van der Waals surface area (Å²) in [6, 6.07) is 1.49. The zero-order chi connectivity index (χ0) is 11.3. The molecular formula is C11H19N3O. The molecule has 15 heavy (non-hydrogen) atoms. The van der Waals surface area contributed by atoms with Gasteiger partial charge in [0.1, 0.15) is 11.6 Å². The molecule has 0 radical (unpaired) electrons. The lowest BCUT2D eigenvalue weighted by Gasteiger charge is -2.07. The van der Waals surface area contributed by atoms with E-state index in [1.165, 1.54) is 12.5 Å². The van der Waals surface area contributed by atoms with Crippen molar-refractivity contribution in [3.05, 3.63) is 22.2 Å². The minimum absolute atomic E-state index is 0.103. The highest BCUT2D eigenvalue weighted by Gasteiger charge is 1.97. The van der Waals surface area contributed by atoms with E-state index < -0.39 is 0 Å². The van der Waals surface area contributed by atoms with Crippen molar-refractivity contribution in [2.75, 3.05) is 11.9 Å². The first-order valence-corrected chi connectivity index (χ1v) is 5.40. The molecule has 2 N–H and O–H groups in total. The highest BCUT2D eigenvalue weighted by Crippen LogP contribution is 2.04. The predicted molar refractivity (Wildman–Crippen MR) is 62.2 cm³/mol. The largest absolute Gasteiger partial charge is 0.370 e. The summed E-state index contributed by atoms with van der Waals surface area (Å²) in [5.74, 6) is 2.04. The number of aromatic nitrogens is 2. The van der Waals surface area contributed by atoms with Crippen LogP contribution in [0.5, 0.6) is 0 Å². The van der Waals surface area contributed by atoms with Crippen LogP contribution in [-0.4, -0.2) is 16.5 Å². The van der Waals surface area contributed by atoms with E-state index in [1.807, 2.05) is 0 Å². The second-order valence-corrected chi connectivity index (χ2v) is 4.18. The molecular weight excluding hydrogens is 190 g/mol. The van der Waals surface area contributed by atoms with Gasteiger partial charge in [0.25, 0.3) is 5.56 Å². The number of hydrogen-bond acceptors (Lipinski definition) is 3. The fraction of sp³-hybridized carbons (Fsp3) is 0.636. The van der Waals surface area contributed by atoms with Crippen LogP contribution < -0.4 is 10.9 Å². The van der Waals surface area contributed by atoms with Gasteiger partial charge in [-0.1, -0.05) is 13.8 Å². The fourth-order valence-corrected chi connectivity index (χ4v) is 1.40. The second kappa shape index (κ2) is 5.53. The monoisotopic (exact) mass is 209 g/mol. The molecule has 0 saturated carbocycles. The van der Waals surface area contributed by atoms with Gasteiger partial charge in [-0.2, -0.15) is 0 Å². The molecule has 0 saturated heterocycles. The first-order valence-electron chi connectivity index (χ1n) is 5.40.